The minimum atomic E-state index is -0.203. The fourth-order valence-electron chi connectivity index (χ4n) is 2.05. The minimum absolute atomic E-state index is 0.0919. The molecule has 106 valence electrons. The van der Waals surface area contributed by atoms with E-state index in [1.54, 1.807) is 13.2 Å². The normalized spacial score (nSPS) is 12.3. The molecule has 0 fully saturated rings. The van der Waals surface area contributed by atoms with E-state index in [1.807, 2.05) is 30.3 Å². The van der Waals surface area contributed by atoms with Gasteiger partial charge in [-0.1, -0.05) is 24.3 Å². The van der Waals surface area contributed by atoms with Crippen LogP contribution in [0.15, 0.2) is 36.4 Å². The molecule has 0 aliphatic carbocycles. The summed E-state index contributed by atoms with van der Waals surface area (Å²) in [6.07, 6.45) is 0.674. The molecule has 0 saturated heterocycles. The molecule has 1 aromatic heterocycles. The number of nitrogens with two attached hydrogens (primary N) is 1. The van der Waals surface area contributed by atoms with Crippen LogP contribution in [0.2, 0.25) is 0 Å². The van der Waals surface area contributed by atoms with Gasteiger partial charge in [0.25, 0.3) is 5.91 Å². The van der Waals surface area contributed by atoms with Crippen LogP contribution in [0.1, 0.15) is 16.9 Å². The monoisotopic (exact) mass is 273 g/mol. The summed E-state index contributed by atoms with van der Waals surface area (Å²) < 4.78 is 5.07. The van der Waals surface area contributed by atoms with Gasteiger partial charge < -0.3 is 15.8 Å². The van der Waals surface area contributed by atoms with Gasteiger partial charge in [-0.15, -0.1) is 0 Å². The van der Waals surface area contributed by atoms with Crippen LogP contribution >= 0.6 is 0 Å². The molecule has 20 heavy (non-hydrogen) atoms. The number of aromatic nitrogens is 1. The van der Waals surface area contributed by atoms with Crippen LogP contribution < -0.4 is 11.1 Å². The topological polar surface area (TPSA) is 77.2 Å². The van der Waals surface area contributed by atoms with E-state index in [1.165, 1.54) is 0 Å². The summed E-state index contributed by atoms with van der Waals surface area (Å²) in [5.41, 5.74) is 6.74. The van der Waals surface area contributed by atoms with Crippen molar-refractivity contribution in [2.45, 2.75) is 12.5 Å². The van der Waals surface area contributed by atoms with Crippen LogP contribution in [0.3, 0.4) is 0 Å². The number of nitrogens with zero attached hydrogens (tertiary/aromatic N) is 1. The highest BCUT2D eigenvalue weighted by Gasteiger charge is 2.14. The number of para-hydroxylation sites is 1. The van der Waals surface area contributed by atoms with Gasteiger partial charge in [-0.2, -0.15) is 0 Å². The Balaban J connectivity index is 2.13. The summed E-state index contributed by atoms with van der Waals surface area (Å²) in [5.74, 6) is -0.203. The van der Waals surface area contributed by atoms with Crippen molar-refractivity contribution in [3.8, 4) is 0 Å². The van der Waals surface area contributed by atoms with Gasteiger partial charge >= 0.3 is 0 Å². The summed E-state index contributed by atoms with van der Waals surface area (Å²) in [4.78, 5) is 16.5. The van der Waals surface area contributed by atoms with E-state index in [2.05, 4.69) is 10.3 Å². The molecule has 0 bridgehead atoms. The fraction of sp³-hybridized carbons (Fsp3) is 0.333. The second-order valence-electron chi connectivity index (χ2n) is 4.59. The first kappa shape index (κ1) is 14.4. The predicted molar refractivity (Wildman–Crippen MR) is 78.5 cm³/mol. The van der Waals surface area contributed by atoms with Gasteiger partial charge in [0.05, 0.1) is 18.2 Å². The molecule has 0 aliphatic heterocycles. The third-order valence-electron chi connectivity index (χ3n) is 3.05. The van der Waals surface area contributed by atoms with Gasteiger partial charge in [-0.3, -0.25) is 4.79 Å². The standard InChI is InChI=1S/C15H19N3O2/c1-20-10-12(8-9-16)17-15(19)14-7-6-11-4-2-3-5-13(11)18-14/h2-7,12H,8-10,16H2,1H3,(H,17,19). The zero-order chi connectivity index (χ0) is 14.4. The zero-order valence-corrected chi connectivity index (χ0v) is 11.5. The lowest BCUT2D eigenvalue weighted by Crippen LogP contribution is -2.39. The number of benzene rings is 1. The minimum Gasteiger partial charge on any atom is -0.383 e. The van der Waals surface area contributed by atoms with E-state index >= 15 is 0 Å². The van der Waals surface area contributed by atoms with Gasteiger partial charge in [0.1, 0.15) is 5.69 Å². The van der Waals surface area contributed by atoms with Crippen molar-refractivity contribution in [2.75, 3.05) is 20.3 Å². The first-order valence-corrected chi connectivity index (χ1v) is 6.60. The Morgan fingerprint density at radius 3 is 2.90 bits per heavy atom. The average molecular weight is 273 g/mol. The Kier molecular flexibility index (Phi) is 5.03. The van der Waals surface area contributed by atoms with Crippen molar-refractivity contribution in [2.24, 2.45) is 5.73 Å². The molecule has 0 aliphatic rings. The molecular weight excluding hydrogens is 254 g/mol. The average Bonchev–Trinajstić information content (AvgIpc) is 2.47. The van der Waals surface area contributed by atoms with Gasteiger partial charge in [0.15, 0.2) is 0 Å². The molecule has 0 spiro atoms. The largest absolute Gasteiger partial charge is 0.383 e. The molecule has 5 nitrogen and oxygen atoms in total. The van der Waals surface area contributed by atoms with Crippen LogP contribution in [0.5, 0.6) is 0 Å². The number of fused-ring (bicyclic) bond motifs is 1. The van der Waals surface area contributed by atoms with Crippen molar-refractivity contribution in [3.05, 3.63) is 42.1 Å². The van der Waals surface area contributed by atoms with Gasteiger partial charge in [-0.05, 0) is 25.1 Å². The van der Waals surface area contributed by atoms with E-state index in [0.717, 1.165) is 10.9 Å². The van der Waals surface area contributed by atoms with Crippen molar-refractivity contribution >= 4 is 16.8 Å². The summed E-state index contributed by atoms with van der Waals surface area (Å²) in [7, 11) is 1.60. The number of hydrogen-bond donors (Lipinski definition) is 2. The lowest BCUT2D eigenvalue weighted by molar-refractivity contribution is 0.0889. The third-order valence-corrected chi connectivity index (χ3v) is 3.05. The van der Waals surface area contributed by atoms with E-state index in [-0.39, 0.29) is 11.9 Å². The number of ether oxygens (including phenoxy) is 1. The van der Waals surface area contributed by atoms with Gasteiger partial charge in [0, 0.05) is 12.5 Å². The number of nitrogens with one attached hydrogen (secondary N) is 1. The van der Waals surface area contributed by atoms with E-state index in [9.17, 15) is 4.79 Å². The second-order valence-corrected chi connectivity index (χ2v) is 4.59. The van der Waals surface area contributed by atoms with Gasteiger partial charge in [-0.25, -0.2) is 4.98 Å². The molecule has 1 atom stereocenters. The maximum absolute atomic E-state index is 12.2. The molecule has 2 rings (SSSR count). The number of rotatable bonds is 6. The second kappa shape index (κ2) is 6.98. The molecule has 1 aromatic carbocycles. The highest BCUT2D eigenvalue weighted by Crippen LogP contribution is 2.11. The molecule has 0 saturated carbocycles. The summed E-state index contributed by atoms with van der Waals surface area (Å²) in [6.45, 7) is 0.940. The summed E-state index contributed by atoms with van der Waals surface area (Å²) in [5, 5.41) is 3.91. The van der Waals surface area contributed by atoms with E-state index < -0.39 is 0 Å². The van der Waals surface area contributed by atoms with Gasteiger partial charge in [0.2, 0.25) is 0 Å². The highest BCUT2D eigenvalue weighted by atomic mass is 16.5. The van der Waals surface area contributed by atoms with Crippen LogP contribution in [-0.4, -0.2) is 37.2 Å². The van der Waals surface area contributed by atoms with Crippen LogP contribution in [0.25, 0.3) is 10.9 Å². The fourth-order valence-corrected chi connectivity index (χ4v) is 2.05. The molecule has 2 aromatic rings. The molecule has 5 heteroatoms. The summed E-state index contributed by atoms with van der Waals surface area (Å²) >= 11 is 0. The number of methoxy groups -OCH3 is 1. The van der Waals surface area contributed by atoms with Crippen LogP contribution in [0.4, 0.5) is 0 Å². The third kappa shape index (κ3) is 3.53. The zero-order valence-electron chi connectivity index (χ0n) is 11.5. The summed E-state index contributed by atoms with van der Waals surface area (Å²) in [6, 6.07) is 11.2. The van der Waals surface area contributed by atoms with Crippen LogP contribution in [0, 0.1) is 0 Å². The van der Waals surface area contributed by atoms with E-state index in [0.29, 0.717) is 25.3 Å². The van der Waals surface area contributed by atoms with Crippen LogP contribution in [-0.2, 0) is 4.74 Å². The lowest BCUT2D eigenvalue weighted by Gasteiger charge is -2.16. The first-order valence-electron chi connectivity index (χ1n) is 6.60. The Morgan fingerprint density at radius 2 is 2.15 bits per heavy atom. The molecule has 1 amide bonds. The molecule has 1 heterocycles. The first-order chi connectivity index (χ1) is 9.74. The number of carbonyl (C=O) groups excluding carboxylic acids is 1. The Hall–Kier alpha value is -1.98. The maximum atomic E-state index is 12.2. The predicted octanol–water partition coefficient (Wildman–Crippen LogP) is 1.33. The van der Waals surface area contributed by atoms with Crippen molar-refractivity contribution in [1.82, 2.24) is 10.3 Å². The highest BCUT2D eigenvalue weighted by molar-refractivity contribution is 5.95. The number of pyridine rings is 1. The number of amides is 1. The molecule has 0 radical (unpaired) electrons. The quantitative estimate of drug-likeness (QED) is 0.832. The Morgan fingerprint density at radius 1 is 1.35 bits per heavy atom. The smallest absolute Gasteiger partial charge is 0.270 e. The van der Waals surface area contributed by atoms with Crippen molar-refractivity contribution < 1.29 is 9.53 Å². The maximum Gasteiger partial charge on any atom is 0.270 e. The number of hydrogen-bond acceptors (Lipinski definition) is 4. The van der Waals surface area contributed by atoms with Crippen molar-refractivity contribution in [1.29, 1.82) is 0 Å². The lowest BCUT2D eigenvalue weighted by atomic mass is 10.2. The Bertz CT molecular complexity index is 580. The molecule has 1 unspecified atom stereocenters. The molecular formula is C15H19N3O2. The molecule has 3 N–H and O–H groups in total. The number of carbonyl (C=O) groups is 1. The van der Waals surface area contributed by atoms with Crippen molar-refractivity contribution in [3.63, 3.8) is 0 Å². The Labute approximate surface area is 118 Å². The van der Waals surface area contributed by atoms with E-state index in [4.69, 9.17) is 10.5 Å². The SMILES string of the molecule is COCC(CCN)NC(=O)c1ccc2ccccc2n1.